The highest BCUT2D eigenvalue weighted by Crippen LogP contribution is 2.45. The lowest BCUT2D eigenvalue weighted by molar-refractivity contribution is -0.142. The first-order valence-electron chi connectivity index (χ1n) is 8.19. The van der Waals surface area contributed by atoms with Gasteiger partial charge in [-0.2, -0.15) is 0 Å². The van der Waals surface area contributed by atoms with Crippen LogP contribution in [0.15, 0.2) is 0 Å². The van der Waals surface area contributed by atoms with Gasteiger partial charge in [-0.25, -0.2) is 0 Å². The summed E-state index contributed by atoms with van der Waals surface area (Å²) in [5.74, 6) is 0.328. The summed E-state index contributed by atoms with van der Waals surface area (Å²) in [7, 11) is 4.40. The monoisotopic (exact) mass is 280 g/mol. The van der Waals surface area contributed by atoms with Crippen molar-refractivity contribution in [2.24, 2.45) is 10.8 Å². The molecule has 0 aromatic rings. The largest absolute Gasteiger partial charge is 0.342 e. The molecular weight excluding hydrogens is 248 g/mol. The number of nitrogens with zero attached hydrogens (tertiary/aromatic N) is 2. The van der Waals surface area contributed by atoms with Crippen LogP contribution in [0.1, 0.15) is 59.3 Å². The lowest BCUT2D eigenvalue weighted by atomic mass is 9.66. The molecule has 2 aliphatic rings. The minimum atomic E-state index is -0.229. The zero-order chi connectivity index (χ0) is 15.0. The van der Waals surface area contributed by atoms with E-state index in [0.29, 0.717) is 11.3 Å². The fourth-order valence-corrected chi connectivity index (χ4v) is 3.89. The normalized spacial score (nSPS) is 24.4. The van der Waals surface area contributed by atoms with Gasteiger partial charge < -0.3 is 9.80 Å². The molecule has 0 radical (unpaired) electrons. The molecule has 0 aromatic carbocycles. The van der Waals surface area contributed by atoms with E-state index >= 15 is 0 Å². The summed E-state index contributed by atoms with van der Waals surface area (Å²) in [6.07, 6.45) is 7.81. The van der Waals surface area contributed by atoms with Crippen molar-refractivity contribution in [3.63, 3.8) is 0 Å². The molecule has 0 atom stereocenters. The predicted octanol–water partition coefficient (Wildman–Crippen LogP) is 3.15. The summed E-state index contributed by atoms with van der Waals surface area (Å²) in [4.78, 5) is 16.8. The summed E-state index contributed by atoms with van der Waals surface area (Å²) in [5, 5.41) is 0. The van der Waals surface area contributed by atoms with Crippen LogP contribution in [0.2, 0.25) is 0 Å². The topological polar surface area (TPSA) is 23.6 Å². The van der Waals surface area contributed by atoms with Gasteiger partial charge in [-0.15, -0.1) is 0 Å². The molecule has 0 bridgehead atoms. The fourth-order valence-electron chi connectivity index (χ4n) is 3.89. The molecule has 3 nitrogen and oxygen atoms in total. The molecule has 1 saturated heterocycles. The van der Waals surface area contributed by atoms with E-state index in [1.807, 2.05) is 20.8 Å². The molecule has 1 amide bonds. The van der Waals surface area contributed by atoms with E-state index in [0.717, 1.165) is 19.1 Å². The van der Waals surface area contributed by atoms with Crippen LogP contribution < -0.4 is 0 Å². The minimum absolute atomic E-state index is 0.229. The number of hydrogen-bond acceptors (Lipinski definition) is 2. The number of carbonyl (C=O) groups is 1. The van der Waals surface area contributed by atoms with Crippen molar-refractivity contribution in [3.05, 3.63) is 0 Å². The molecule has 1 aliphatic heterocycles. The highest BCUT2D eigenvalue weighted by atomic mass is 16.2. The zero-order valence-electron chi connectivity index (χ0n) is 14.0. The third-order valence-electron chi connectivity index (χ3n) is 5.50. The lowest BCUT2D eigenvalue weighted by Crippen LogP contribution is -2.49. The molecule has 1 spiro atoms. The molecule has 1 aliphatic carbocycles. The Morgan fingerprint density at radius 2 is 1.55 bits per heavy atom. The van der Waals surface area contributed by atoms with Gasteiger partial charge in [0.25, 0.3) is 0 Å². The van der Waals surface area contributed by atoms with E-state index < -0.39 is 0 Å². The quantitative estimate of drug-likeness (QED) is 0.736. The van der Waals surface area contributed by atoms with Crippen LogP contribution in [0, 0.1) is 10.8 Å². The molecular formula is C17H32N2O. The summed E-state index contributed by atoms with van der Waals surface area (Å²) < 4.78 is 0. The van der Waals surface area contributed by atoms with Crippen molar-refractivity contribution in [3.8, 4) is 0 Å². The Balaban J connectivity index is 1.87. The Morgan fingerprint density at radius 1 is 1.05 bits per heavy atom. The van der Waals surface area contributed by atoms with Crippen molar-refractivity contribution in [1.82, 2.24) is 9.80 Å². The van der Waals surface area contributed by atoms with Gasteiger partial charge in [-0.05, 0) is 58.0 Å². The highest BCUT2D eigenvalue weighted by molar-refractivity contribution is 5.81. The second-order valence-corrected chi connectivity index (χ2v) is 8.24. The van der Waals surface area contributed by atoms with Crippen molar-refractivity contribution >= 4 is 5.91 Å². The minimum Gasteiger partial charge on any atom is -0.342 e. The average molecular weight is 280 g/mol. The Bertz CT molecular complexity index is 338. The standard InChI is InChI=1S/C17H32N2O/c1-16(2,3)15(20)19-12-10-17(11-13-19)8-6-14(7-9-17)18(4)5/h14H,6-13H2,1-5H3. The zero-order valence-corrected chi connectivity index (χ0v) is 14.0. The molecule has 2 fully saturated rings. The van der Waals surface area contributed by atoms with Crippen LogP contribution in [0.5, 0.6) is 0 Å². The first kappa shape index (κ1) is 15.8. The van der Waals surface area contributed by atoms with Crippen LogP contribution in [0.3, 0.4) is 0 Å². The number of amides is 1. The molecule has 116 valence electrons. The fraction of sp³-hybridized carbons (Fsp3) is 0.941. The van der Waals surface area contributed by atoms with Gasteiger partial charge in [0.1, 0.15) is 0 Å². The molecule has 0 aromatic heterocycles. The van der Waals surface area contributed by atoms with Gasteiger partial charge in [-0.1, -0.05) is 20.8 Å². The van der Waals surface area contributed by atoms with Crippen molar-refractivity contribution in [1.29, 1.82) is 0 Å². The number of piperidine rings is 1. The Kier molecular flexibility index (Phi) is 4.48. The summed E-state index contributed by atoms with van der Waals surface area (Å²) in [6.45, 7) is 8.04. The average Bonchev–Trinajstić information content (AvgIpc) is 2.38. The van der Waals surface area contributed by atoms with Gasteiger partial charge in [0.2, 0.25) is 5.91 Å². The molecule has 1 saturated carbocycles. The van der Waals surface area contributed by atoms with E-state index in [4.69, 9.17) is 0 Å². The maximum atomic E-state index is 12.4. The van der Waals surface area contributed by atoms with Crippen LogP contribution in [0.4, 0.5) is 0 Å². The molecule has 1 heterocycles. The first-order valence-corrected chi connectivity index (χ1v) is 8.19. The summed E-state index contributed by atoms with van der Waals surface area (Å²) >= 11 is 0. The van der Waals surface area contributed by atoms with Crippen LogP contribution >= 0.6 is 0 Å². The number of hydrogen-bond donors (Lipinski definition) is 0. The molecule has 0 N–H and O–H groups in total. The number of carbonyl (C=O) groups excluding carboxylic acids is 1. The Labute approximate surface area is 124 Å². The highest BCUT2D eigenvalue weighted by Gasteiger charge is 2.40. The van der Waals surface area contributed by atoms with Gasteiger partial charge in [0.05, 0.1) is 0 Å². The maximum absolute atomic E-state index is 12.4. The van der Waals surface area contributed by atoms with Gasteiger partial charge in [0.15, 0.2) is 0 Å². The summed E-state index contributed by atoms with van der Waals surface area (Å²) in [5.41, 5.74) is 0.314. The van der Waals surface area contributed by atoms with E-state index in [1.54, 1.807) is 0 Å². The Hall–Kier alpha value is -0.570. The SMILES string of the molecule is CN(C)C1CCC2(CC1)CCN(C(=O)C(C)(C)C)CC2. The van der Waals surface area contributed by atoms with Crippen molar-refractivity contribution in [2.75, 3.05) is 27.2 Å². The smallest absolute Gasteiger partial charge is 0.227 e. The number of likely N-dealkylation sites (tertiary alicyclic amines) is 1. The lowest BCUT2D eigenvalue weighted by Gasteiger charge is -2.47. The molecule has 0 unspecified atom stereocenters. The third-order valence-corrected chi connectivity index (χ3v) is 5.50. The van der Waals surface area contributed by atoms with Crippen LogP contribution in [-0.2, 0) is 4.79 Å². The van der Waals surface area contributed by atoms with Gasteiger partial charge in [-0.3, -0.25) is 4.79 Å². The molecule has 3 heteroatoms. The predicted molar refractivity (Wildman–Crippen MR) is 83.6 cm³/mol. The third kappa shape index (κ3) is 3.36. The second-order valence-electron chi connectivity index (χ2n) is 8.24. The second kappa shape index (κ2) is 5.67. The molecule has 2 rings (SSSR count). The van der Waals surface area contributed by atoms with Gasteiger partial charge >= 0.3 is 0 Å². The van der Waals surface area contributed by atoms with E-state index in [-0.39, 0.29) is 5.41 Å². The first-order chi connectivity index (χ1) is 9.23. The maximum Gasteiger partial charge on any atom is 0.227 e. The summed E-state index contributed by atoms with van der Waals surface area (Å²) in [6, 6.07) is 0.773. The van der Waals surface area contributed by atoms with Crippen molar-refractivity contribution < 1.29 is 4.79 Å². The van der Waals surface area contributed by atoms with E-state index in [1.165, 1.54) is 38.5 Å². The van der Waals surface area contributed by atoms with Gasteiger partial charge in [0, 0.05) is 24.5 Å². The van der Waals surface area contributed by atoms with Crippen molar-refractivity contribution in [2.45, 2.75) is 65.3 Å². The van der Waals surface area contributed by atoms with E-state index in [2.05, 4.69) is 23.9 Å². The Morgan fingerprint density at radius 3 is 1.95 bits per heavy atom. The van der Waals surface area contributed by atoms with Crippen LogP contribution in [0.25, 0.3) is 0 Å². The number of rotatable bonds is 1. The van der Waals surface area contributed by atoms with Crippen LogP contribution in [-0.4, -0.2) is 48.9 Å². The molecule has 20 heavy (non-hydrogen) atoms. The van der Waals surface area contributed by atoms with E-state index in [9.17, 15) is 4.79 Å².